The van der Waals surface area contributed by atoms with Crippen LogP contribution >= 0.6 is 0 Å². The largest absolute Gasteiger partial charge is 0.489 e. The molecule has 0 radical (unpaired) electrons. The molecule has 1 aromatic carbocycles. The number of aromatic nitrogens is 2. The van der Waals surface area contributed by atoms with Crippen molar-refractivity contribution in [1.82, 2.24) is 9.55 Å². The lowest BCUT2D eigenvalue weighted by molar-refractivity contribution is 0.00750. The second-order valence-corrected chi connectivity index (χ2v) is 6.25. The van der Waals surface area contributed by atoms with Gasteiger partial charge in [0.15, 0.2) is 0 Å². The number of hydrogen-bond donors (Lipinski definition) is 1. The number of anilines is 1. The Balaban J connectivity index is 2.01. The average Bonchev–Trinajstić information content (AvgIpc) is 2.96. The molecule has 0 saturated carbocycles. The van der Waals surface area contributed by atoms with Gasteiger partial charge in [0.05, 0.1) is 23.8 Å². The summed E-state index contributed by atoms with van der Waals surface area (Å²) in [5.41, 5.74) is 7.80. The molecule has 114 valence electrons. The third-order valence-corrected chi connectivity index (χ3v) is 3.93. The Labute approximate surface area is 125 Å². The van der Waals surface area contributed by atoms with Crippen LogP contribution in [0.5, 0.6) is 5.75 Å². The summed E-state index contributed by atoms with van der Waals surface area (Å²) in [6.45, 7) is 7.70. The number of para-hydroxylation sites is 1. The molecule has 5 heteroatoms. The topological polar surface area (TPSA) is 62.3 Å². The summed E-state index contributed by atoms with van der Waals surface area (Å²) in [6.07, 6.45) is 2.26. The molecule has 0 bridgehead atoms. The first-order valence-electron chi connectivity index (χ1n) is 7.54. The molecule has 1 fully saturated rings. The molecular weight excluding hydrogens is 266 g/mol. The zero-order valence-electron chi connectivity index (χ0n) is 12.9. The minimum Gasteiger partial charge on any atom is -0.489 e. The van der Waals surface area contributed by atoms with E-state index >= 15 is 0 Å². The number of nitrogens with two attached hydrogens (primary N) is 1. The van der Waals surface area contributed by atoms with E-state index in [9.17, 15) is 0 Å². The zero-order valence-corrected chi connectivity index (χ0v) is 12.9. The van der Waals surface area contributed by atoms with Crippen molar-refractivity contribution >= 4 is 17.0 Å². The highest BCUT2D eigenvalue weighted by molar-refractivity contribution is 5.84. The van der Waals surface area contributed by atoms with Crippen molar-refractivity contribution in [2.24, 2.45) is 0 Å². The van der Waals surface area contributed by atoms with Gasteiger partial charge in [0.2, 0.25) is 5.95 Å². The molecule has 1 aliphatic heterocycles. The number of hydrogen-bond acceptors (Lipinski definition) is 4. The second-order valence-electron chi connectivity index (χ2n) is 6.25. The van der Waals surface area contributed by atoms with E-state index in [1.54, 1.807) is 0 Å². The van der Waals surface area contributed by atoms with Crippen molar-refractivity contribution in [2.75, 3.05) is 12.3 Å². The minimum absolute atomic E-state index is 0.109. The lowest BCUT2D eigenvalue weighted by Gasteiger charge is -2.24. The van der Waals surface area contributed by atoms with Crippen LogP contribution in [0.1, 0.15) is 33.6 Å². The number of ether oxygens (including phenoxy) is 2. The summed E-state index contributed by atoms with van der Waals surface area (Å²) in [7, 11) is 0. The summed E-state index contributed by atoms with van der Waals surface area (Å²) in [6, 6.07) is 5.95. The Morgan fingerprint density at radius 1 is 1.48 bits per heavy atom. The van der Waals surface area contributed by atoms with Crippen LogP contribution in [0.4, 0.5) is 5.95 Å². The van der Waals surface area contributed by atoms with Gasteiger partial charge in [0.1, 0.15) is 11.3 Å². The quantitative estimate of drug-likeness (QED) is 0.940. The molecule has 0 aliphatic carbocycles. The van der Waals surface area contributed by atoms with Crippen LogP contribution < -0.4 is 10.5 Å². The molecule has 2 heterocycles. The maximum Gasteiger partial charge on any atom is 0.201 e. The Morgan fingerprint density at radius 3 is 2.95 bits per heavy atom. The Hall–Kier alpha value is -1.75. The van der Waals surface area contributed by atoms with Gasteiger partial charge in [0, 0.05) is 6.61 Å². The van der Waals surface area contributed by atoms with E-state index in [-0.39, 0.29) is 11.7 Å². The molecule has 1 unspecified atom stereocenters. The summed E-state index contributed by atoms with van der Waals surface area (Å²) >= 11 is 0. The lowest BCUT2D eigenvalue weighted by Crippen LogP contribution is -2.30. The van der Waals surface area contributed by atoms with Crippen molar-refractivity contribution in [3.63, 3.8) is 0 Å². The summed E-state index contributed by atoms with van der Waals surface area (Å²) in [4.78, 5) is 4.50. The molecule has 1 saturated heterocycles. The molecule has 1 aromatic heterocycles. The third kappa shape index (κ3) is 2.70. The van der Waals surface area contributed by atoms with Gasteiger partial charge in [-0.25, -0.2) is 4.98 Å². The van der Waals surface area contributed by atoms with Crippen molar-refractivity contribution < 1.29 is 9.47 Å². The minimum atomic E-state index is -0.156. The molecule has 2 N–H and O–H groups in total. The number of imidazole rings is 1. The van der Waals surface area contributed by atoms with Crippen molar-refractivity contribution in [3.8, 4) is 5.75 Å². The van der Waals surface area contributed by atoms with Gasteiger partial charge >= 0.3 is 0 Å². The fourth-order valence-corrected chi connectivity index (χ4v) is 2.95. The Bertz CT molecular complexity index is 642. The first-order valence-corrected chi connectivity index (χ1v) is 7.54. The highest BCUT2D eigenvalue weighted by atomic mass is 16.5. The van der Waals surface area contributed by atoms with Gasteiger partial charge < -0.3 is 19.8 Å². The second kappa shape index (κ2) is 5.22. The molecular formula is C16H23N3O2. The monoisotopic (exact) mass is 289 g/mol. The Kier molecular flexibility index (Phi) is 3.53. The molecule has 1 aliphatic rings. The van der Waals surface area contributed by atoms with E-state index in [0.717, 1.165) is 42.8 Å². The standard InChI is InChI=1S/C16H23N3O2/c1-11(2)21-13-7-4-6-12-14(13)18-15(17)19(12)10-16(3)8-5-9-20-16/h4,6-7,11H,5,8-10H2,1-3H3,(H2,17,18). The molecule has 0 amide bonds. The molecule has 1 atom stereocenters. The van der Waals surface area contributed by atoms with E-state index in [1.165, 1.54) is 0 Å². The van der Waals surface area contributed by atoms with Gasteiger partial charge in [0.25, 0.3) is 0 Å². The van der Waals surface area contributed by atoms with Gasteiger partial charge in [-0.05, 0) is 45.7 Å². The van der Waals surface area contributed by atoms with Gasteiger partial charge in [-0.3, -0.25) is 0 Å². The lowest BCUT2D eigenvalue weighted by atomic mass is 10.0. The van der Waals surface area contributed by atoms with Gasteiger partial charge in [-0.1, -0.05) is 6.07 Å². The predicted molar refractivity (Wildman–Crippen MR) is 83.5 cm³/mol. The Morgan fingerprint density at radius 2 is 2.29 bits per heavy atom. The first kappa shape index (κ1) is 14.2. The molecule has 21 heavy (non-hydrogen) atoms. The van der Waals surface area contributed by atoms with Crippen LogP contribution in [0.2, 0.25) is 0 Å². The smallest absolute Gasteiger partial charge is 0.201 e. The highest BCUT2D eigenvalue weighted by Gasteiger charge is 2.31. The number of benzene rings is 1. The van der Waals surface area contributed by atoms with Crippen LogP contribution in [0.3, 0.4) is 0 Å². The van der Waals surface area contributed by atoms with Crippen LogP contribution in [-0.2, 0) is 11.3 Å². The predicted octanol–water partition coefficient (Wildman–Crippen LogP) is 2.97. The third-order valence-electron chi connectivity index (χ3n) is 3.93. The van der Waals surface area contributed by atoms with E-state index in [2.05, 4.69) is 11.9 Å². The SMILES string of the molecule is CC(C)Oc1cccc2c1nc(N)n2CC1(C)CCCO1. The molecule has 3 rings (SSSR count). The fraction of sp³-hybridized carbons (Fsp3) is 0.562. The molecule has 2 aromatic rings. The summed E-state index contributed by atoms with van der Waals surface area (Å²) < 4.78 is 13.7. The first-order chi connectivity index (χ1) is 9.98. The maximum atomic E-state index is 6.13. The van der Waals surface area contributed by atoms with Crippen molar-refractivity contribution in [1.29, 1.82) is 0 Å². The van der Waals surface area contributed by atoms with E-state index in [4.69, 9.17) is 15.2 Å². The van der Waals surface area contributed by atoms with E-state index < -0.39 is 0 Å². The number of rotatable bonds is 4. The van der Waals surface area contributed by atoms with Gasteiger partial charge in [-0.2, -0.15) is 0 Å². The zero-order chi connectivity index (χ0) is 15.0. The fourth-order valence-electron chi connectivity index (χ4n) is 2.95. The number of fused-ring (bicyclic) bond motifs is 1. The summed E-state index contributed by atoms with van der Waals surface area (Å²) in [5.74, 6) is 1.30. The normalized spacial score (nSPS) is 22.3. The number of nitrogen functional groups attached to an aromatic ring is 1. The van der Waals surface area contributed by atoms with Crippen molar-refractivity contribution in [2.45, 2.75) is 51.9 Å². The molecule has 5 nitrogen and oxygen atoms in total. The van der Waals surface area contributed by atoms with Crippen LogP contribution in [0.15, 0.2) is 18.2 Å². The molecule has 0 spiro atoms. The average molecular weight is 289 g/mol. The van der Waals surface area contributed by atoms with Crippen LogP contribution in [-0.4, -0.2) is 27.9 Å². The van der Waals surface area contributed by atoms with Crippen molar-refractivity contribution in [3.05, 3.63) is 18.2 Å². The van der Waals surface area contributed by atoms with Gasteiger partial charge in [-0.15, -0.1) is 0 Å². The number of nitrogens with zero attached hydrogens (tertiary/aromatic N) is 2. The maximum absolute atomic E-state index is 6.13. The van der Waals surface area contributed by atoms with E-state index in [0.29, 0.717) is 5.95 Å². The van der Waals surface area contributed by atoms with Crippen LogP contribution in [0.25, 0.3) is 11.0 Å². The van der Waals surface area contributed by atoms with Crippen LogP contribution in [0, 0.1) is 0 Å². The van der Waals surface area contributed by atoms with E-state index in [1.807, 2.05) is 36.6 Å². The highest BCUT2D eigenvalue weighted by Crippen LogP contribution is 2.32. The summed E-state index contributed by atoms with van der Waals surface area (Å²) in [5, 5.41) is 0.